The molecule has 300 valence electrons. The van der Waals surface area contributed by atoms with E-state index in [4.69, 9.17) is 4.74 Å². The zero-order valence-electron chi connectivity index (χ0n) is 34.4. The average molecular weight is 769 g/mol. The molecule has 3 aliphatic rings. The Hall–Kier alpha value is -4.71. The van der Waals surface area contributed by atoms with Gasteiger partial charge in [-0.15, -0.1) is 0 Å². The molecule has 0 spiro atoms. The number of hydrogen-bond donors (Lipinski definition) is 2. The molecule has 2 fully saturated rings. The minimum absolute atomic E-state index is 0.0397. The van der Waals surface area contributed by atoms with Crippen LogP contribution in [0.3, 0.4) is 0 Å². The van der Waals surface area contributed by atoms with Gasteiger partial charge in [0.05, 0.1) is 16.7 Å². The number of aromatic hydroxyl groups is 2. The molecule has 0 atom stereocenters. The van der Waals surface area contributed by atoms with Gasteiger partial charge in [-0.1, -0.05) is 102 Å². The highest BCUT2D eigenvalue weighted by Crippen LogP contribution is 2.45. The lowest BCUT2D eigenvalue weighted by Crippen LogP contribution is -2.25. The predicted molar refractivity (Wildman–Crippen MR) is 228 cm³/mol. The Morgan fingerprint density at radius 3 is 1.54 bits per heavy atom. The van der Waals surface area contributed by atoms with Crippen molar-refractivity contribution >= 4 is 17.5 Å². The summed E-state index contributed by atoms with van der Waals surface area (Å²) in [5.41, 5.74) is 5.52. The van der Waals surface area contributed by atoms with E-state index in [-0.39, 0.29) is 45.8 Å². The number of phenolic OH excluding ortho intramolecular Hbond substituents is 2. The maximum absolute atomic E-state index is 14.0. The molecule has 0 saturated heterocycles. The second-order valence-electron chi connectivity index (χ2n) is 17.3. The highest BCUT2D eigenvalue weighted by atomic mass is 16.5. The van der Waals surface area contributed by atoms with Gasteiger partial charge < -0.3 is 14.9 Å². The number of benzene rings is 4. The summed E-state index contributed by atoms with van der Waals surface area (Å²) in [7, 11) is 0. The molecule has 0 bridgehead atoms. The Morgan fingerprint density at radius 1 is 0.596 bits per heavy atom. The summed E-state index contributed by atoms with van der Waals surface area (Å²) in [5.74, 6) is 0.222. The molecule has 57 heavy (non-hydrogen) atoms. The fourth-order valence-electron chi connectivity index (χ4n) is 10.0. The second-order valence-corrected chi connectivity index (χ2v) is 17.3. The van der Waals surface area contributed by atoms with Crippen molar-refractivity contribution in [2.45, 2.75) is 142 Å². The first-order valence-electron chi connectivity index (χ1n) is 21.8. The lowest BCUT2D eigenvalue weighted by molar-refractivity contribution is 0.0159. The first kappa shape index (κ1) is 40.5. The second kappa shape index (κ2) is 17.8. The van der Waals surface area contributed by atoms with Crippen LogP contribution in [0, 0.1) is 25.7 Å². The molecule has 0 radical (unpaired) electrons. The number of hydrogen-bond acceptors (Lipinski definition) is 6. The highest BCUT2D eigenvalue weighted by molar-refractivity contribution is 6.31. The van der Waals surface area contributed by atoms with E-state index in [0.717, 1.165) is 43.1 Å². The number of phenols is 2. The molecule has 7 rings (SSSR count). The van der Waals surface area contributed by atoms with E-state index in [9.17, 15) is 24.6 Å². The molecule has 0 aliphatic heterocycles. The standard InChI is InChI=1S/C51H60O6/c1-5-7-9-11-33-13-17-35(18-14-33)36-19-21-37(22-20-36)40-25-27-42-45(47(40)52)49(54)43-28-26-41(48(53)46(43)50(42)55)38-29-31(3)44(32(4)30-38)51(56)57-39-23-15-34(16-24-39)12-10-8-6-2/h19-22,25-30,33-35,39,52-53H,5-18,23-24H2,1-4H3. The van der Waals surface area contributed by atoms with Gasteiger partial charge in [-0.3, -0.25) is 9.59 Å². The summed E-state index contributed by atoms with van der Waals surface area (Å²) in [6, 6.07) is 18.4. The minimum Gasteiger partial charge on any atom is -0.507 e. The lowest BCUT2D eigenvalue weighted by Gasteiger charge is -2.29. The van der Waals surface area contributed by atoms with Gasteiger partial charge in [-0.2, -0.15) is 0 Å². The van der Waals surface area contributed by atoms with E-state index in [1.165, 1.54) is 82.6 Å². The van der Waals surface area contributed by atoms with Crippen molar-refractivity contribution in [2.75, 3.05) is 0 Å². The van der Waals surface area contributed by atoms with Crippen molar-refractivity contribution in [2.24, 2.45) is 11.8 Å². The maximum atomic E-state index is 14.0. The van der Waals surface area contributed by atoms with Gasteiger partial charge >= 0.3 is 5.97 Å². The minimum atomic E-state index is -0.518. The molecular formula is C51H60O6. The van der Waals surface area contributed by atoms with Gasteiger partial charge in [-0.25, -0.2) is 4.79 Å². The molecule has 4 aromatic carbocycles. The largest absolute Gasteiger partial charge is 0.507 e. The monoisotopic (exact) mass is 768 g/mol. The van der Waals surface area contributed by atoms with E-state index < -0.39 is 11.6 Å². The summed E-state index contributed by atoms with van der Waals surface area (Å²) in [6.07, 6.45) is 19.1. The zero-order chi connectivity index (χ0) is 40.2. The maximum Gasteiger partial charge on any atom is 0.338 e. The number of unbranched alkanes of at least 4 members (excludes halogenated alkanes) is 4. The van der Waals surface area contributed by atoms with E-state index in [2.05, 4.69) is 26.0 Å². The van der Waals surface area contributed by atoms with Crippen molar-refractivity contribution in [1.82, 2.24) is 0 Å². The molecule has 0 unspecified atom stereocenters. The van der Waals surface area contributed by atoms with Crippen LogP contribution in [0.15, 0.2) is 60.7 Å². The van der Waals surface area contributed by atoms with E-state index in [1.807, 2.05) is 38.1 Å². The van der Waals surface area contributed by atoms with E-state index in [0.29, 0.717) is 39.3 Å². The average Bonchev–Trinajstić information content (AvgIpc) is 3.20. The number of esters is 1. The van der Waals surface area contributed by atoms with E-state index >= 15 is 0 Å². The molecule has 4 aromatic rings. The third-order valence-corrected chi connectivity index (χ3v) is 13.4. The SMILES string of the molecule is CCCCCC1CCC(OC(=O)c2c(C)cc(-c3ccc4c(c3O)C(=O)c3ccc(-c5ccc(C6CCC(CCCCC)CC6)cc5)c(O)c3C4=O)cc2C)CC1. The lowest BCUT2D eigenvalue weighted by atomic mass is 9.76. The molecule has 3 aliphatic carbocycles. The number of carbonyl (C=O) groups excluding carboxylic acids is 3. The van der Waals surface area contributed by atoms with Crippen LogP contribution >= 0.6 is 0 Å². The van der Waals surface area contributed by atoms with Gasteiger partial charge in [0.15, 0.2) is 11.6 Å². The summed E-state index contributed by atoms with van der Waals surface area (Å²) >= 11 is 0. The van der Waals surface area contributed by atoms with Gasteiger partial charge in [-0.05, 0) is 135 Å². The Bertz CT molecular complexity index is 2090. The summed E-state index contributed by atoms with van der Waals surface area (Å²) in [5, 5.41) is 23.2. The van der Waals surface area contributed by atoms with Gasteiger partial charge in [0.25, 0.3) is 0 Å². The topological polar surface area (TPSA) is 101 Å². The van der Waals surface area contributed by atoms with Gasteiger partial charge in [0.1, 0.15) is 17.6 Å². The quantitative estimate of drug-likeness (QED) is 0.0913. The van der Waals surface area contributed by atoms with Crippen LogP contribution in [-0.2, 0) is 4.74 Å². The zero-order valence-corrected chi connectivity index (χ0v) is 34.4. The Labute approximate surface area is 339 Å². The third kappa shape index (κ3) is 8.47. The fourth-order valence-corrected chi connectivity index (χ4v) is 10.0. The number of ketones is 2. The van der Waals surface area contributed by atoms with Crippen LogP contribution in [0.4, 0.5) is 0 Å². The third-order valence-electron chi connectivity index (χ3n) is 13.4. The van der Waals surface area contributed by atoms with Crippen LogP contribution < -0.4 is 0 Å². The molecule has 0 amide bonds. The summed E-state index contributed by atoms with van der Waals surface area (Å²) in [6.45, 7) is 8.19. The molecule has 2 N–H and O–H groups in total. The summed E-state index contributed by atoms with van der Waals surface area (Å²) in [4.78, 5) is 41.5. The number of ether oxygens (including phenoxy) is 1. The molecule has 6 heteroatoms. The number of aryl methyl sites for hydroxylation is 2. The van der Waals surface area contributed by atoms with Crippen LogP contribution in [-0.4, -0.2) is 33.9 Å². The molecule has 0 aromatic heterocycles. The summed E-state index contributed by atoms with van der Waals surface area (Å²) < 4.78 is 6.02. The molecule has 0 heterocycles. The molecule has 2 saturated carbocycles. The normalized spacial score (nSPS) is 20.6. The van der Waals surface area contributed by atoms with Crippen molar-refractivity contribution in [3.8, 4) is 33.8 Å². The Morgan fingerprint density at radius 2 is 1.05 bits per heavy atom. The van der Waals surface area contributed by atoms with E-state index in [1.54, 1.807) is 24.3 Å². The first-order chi connectivity index (χ1) is 27.6. The van der Waals surface area contributed by atoms with Crippen molar-refractivity contribution in [1.29, 1.82) is 0 Å². The van der Waals surface area contributed by atoms with Gasteiger partial charge in [0, 0.05) is 22.3 Å². The Balaban J connectivity index is 1.06. The number of carbonyl (C=O) groups is 3. The van der Waals surface area contributed by atoms with Crippen molar-refractivity contribution in [3.05, 3.63) is 105 Å². The smallest absolute Gasteiger partial charge is 0.338 e. The first-order valence-corrected chi connectivity index (χ1v) is 21.8. The van der Waals surface area contributed by atoms with Crippen LogP contribution in [0.5, 0.6) is 11.5 Å². The number of rotatable bonds is 13. The van der Waals surface area contributed by atoms with Crippen LogP contribution in [0.2, 0.25) is 0 Å². The predicted octanol–water partition coefficient (Wildman–Crippen LogP) is 13.0. The van der Waals surface area contributed by atoms with Gasteiger partial charge in [0.2, 0.25) is 0 Å². The Kier molecular flexibility index (Phi) is 12.7. The van der Waals surface area contributed by atoms with Crippen molar-refractivity contribution < 1.29 is 29.3 Å². The fraction of sp³-hybridized carbons (Fsp3) is 0.471. The molecule has 6 nitrogen and oxygen atoms in total. The van der Waals surface area contributed by atoms with Crippen LogP contribution in [0.1, 0.15) is 181 Å². The van der Waals surface area contributed by atoms with Crippen molar-refractivity contribution in [3.63, 3.8) is 0 Å². The number of fused-ring (bicyclic) bond motifs is 2. The highest BCUT2D eigenvalue weighted by Gasteiger charge is 2.36. The molecular weight excluding hydrogens is 709 g/mol. The van der Waals surface area contributed by atoms with Crippen LogP contribution in [0.25, 0.3) is 22.3 Å².